The summed E-state index contributed by atoms with van der Waals surface area (Å²) < 4.78 is 5.16. The largest absolute Gasteiger partial charge is 0.497 e. The third-order valence-corrected chi connectivity index (χ3v) is 5.63. The van der Waals surface area contributed by atoms with Crippen molar-refractivity contribution in [2.75, 3.05) is 19.0 Å². The van der Waals surface area contributed by atoms with Crippen molar-refractivity contribution < 1.29 is 14.3 Å². The van der Waals surface area contributed by atoms with E-state index in [9.17, 15) is 9.59 Å². The number of carbonyl (C=O) groups excluding carboxylic acids is 2. The maximum Gasteiger partial charge on any atom is 0.227 e. The van der Waals surface area contributed by atoms with Gasteiger partial charge in [0.25, 0.3) is 0 Å². The van der Waals surface area contributed by atoms with Crippen LogP contribution < -0.4 is 15.4 Å². The van der Waals surface area contributed by atoms with E-state index in [0.29, 0.717) is 6.54 Å². The molecule has 3 rings (SSSR count). The minimum absolute atomic E-state index is 0.00823. The maximum atomic E-state index is 12.5. The Morgan fingerprint density at radius 2 is 1.62 bits per heavy atom. The minimum atomic E-state index is -0.0149. The van der Waals surface area contributed by atoms with Crippen LogP contribution >= 0.6 is 0 Å². The van der Waals surface area contributed by atoms with Crippen molar-refractivity contribution in [2.24, 2.45) is 11.8 Å². The van der Waals surface area contributed by atoms with Crippen LogP contribution in [0.3, 0.4) is 0 Å². The van der Waals surface area contributed by atoms with Gasteiger partial charge in [-0.2, -0.15) is 0 Å². The second-order valence-corrected chi connectivity index (χ2v) is 7.80. The highest BCUT2D eigenvalue weighted by Gasteiger charge is 2.29. The molecule has 1 fully saturated rings. The van der Waals surface area contributed by atoms with Gasteiger partial charge in [0.1, 0.15) is 5.75 Å². The molecule has 0 atom stereocenters. The van der Waals surface area contributed by atoms with Crippen LogP contribution in [-0.4, -0.2) is 25.5 Å². The minimum Gasteiger partial charge on any atom is -0.497 e. The molecule has 5 heteroatoms. The number of ether oxygens (including phenoxy) is 1. The van der Waals surface area contributed by atoms with Gasteiger partial charge in [-0.05, 0) is 74.4 Å². The molecule has 0 radical (unpaired) electrons. The molecule has 0 unspecified atom stereocenters. The molecule has 2 amide bonds. The molecule has 0 heterocycles. The van der Waals surface area contributed by atoms with Gasteiger partial charge in [-0.25, -0.2) is 0 Å². The number of carbonyl (C=O) groups is 2. The topological polar surface area (TPSA) is 67.4 Å². The summed E-state index contributed by atoms with van der Waals surface area (Å²) in [4.78, 5) is 25.0. The fourth-order valence-corrected chi connectivity index (χ4v) is 3.85. The predicted octanol–water partition coefficient (Wildman–Crippen LogP) is 4.11. The standard InChI is InChI=1S/C24H30N2O3/c1-17-4-3-5-21(16-17)26-24(28)20-10-8-19(9-11-20)23(27)25-15-14-18-6-12-22(29-2)13-7-18/h3-7,12-13,16,19-20H,8-11,14-15H2,1-2H3,(H,25,27)(H,26,28). The van der Waals surface area contributed by atoms with Crippen molar-refractivity contribution >= 4 is 17.5 Å². The van der Waals surface area contributed by atoms with Gasteiger partial charge >= 0.3 is 0 Å². The van der Waals surface area contributed by atoms with E-state index < -0.39 is 0 Å². The number of amides is 2. The number of benzene rings is 2. The summed E-state index contributed by atoms with van der Waals surface area (Å²) in [7, 11) is 1.65. The third-order valence-electron chi connectivity index (χ3n) is 5.63. The molecule has 5 nitrogen and oxygen atoms in total. The molecule has 1 saturated carbocycles. The smallest absolute Gasteiger partial charge is 0.227 e. The SMILES string of the molecule is COc1ccc(CCNC(=O)C2CCC(C(=O)Nc3cccc(C)c3)CC2)cc1. The van der Waals surface area contributed by atoms with Crippen LogP contribution in [0.1, 0.15) is 36.8 Å². The zero-order valence-corrected chi connectivity index (χ0v) is 17.2. The number of aryl methyl sites for hydroxylation is 1. The quantitative estimate of drug-likeness (QED) is 0.743. The van der Waals surface area contributed by atoms with E-state index in [0.717, 1.165) is 49.1 Å². The second-order valence-electron chi connectivity index (χ2n) is 7.80. The molecule has 154 valence electrons. The van der Waals surface area contributed by atoms with Gasteiger partial charge in [0, 0.05) is 24.1 Å². The third kappa shape index (κ3) is 6.08. The van der Waals surface area contributed by atoms with Gasteiger partial charge in [-0.1, -0.05) is 24.3 Å². The summed E-state index contributed by atoms with van der Waals surface area (Å²) in [5.41, 5.74) is 3.13. The molecule has 2 N–H and O–H groups in total. The molecular weight excluding hydrogens is 364 g/mol. The van der Waals surface area contributed by atoms with Crippen LogP contribution in [0.2, 0.25) is 0 Å². The molecule has 0 aliphatic heterocycles. The molecule has 1 aliphatic carbocycles. The number of anilines is 1. The lowest BCUT2D eigenvalue weighted by Gasteiger charge is -2.27. The van der Waals surface area contributed by atoms with E-state index in [1.807, 2.05) is 55.5 Å². The van der Waals surface area contributed by atoms with Gasteiger partial charge in [-0.3, -0.25) is 9.59 Å². The van der Waals surface area contributed by atoms with E-state index in [2.05, 4.69) is 10.6 Å². The number of hydrogen-bond acceptors (Lipinski definition) is 3. The van der Waals surface area contributed by atoms with E-state index in [1.165, 1.54) is 5.56 Å². The van der Waals surface area contributed by atoms with Crippen LogP contribution in [0.15, 0.2) is 48.5 Å². The molecular formula is C24H30N2O3. The highest BCUT2D eigenvalue weighted by atomic mass is 16.5. The van der Waals surface area contributed by atoms with Crippen LogP contribution in [0, 0.1) is 18.8 Å². The number of nitrogens with one attached hydrogen (secondary N) is 2. The highest BCUT2D eigenvalue weighted by molar-refractivity contribution is 5.92. The van der Waals surface area contributed by atoms with Crippen molar-refractivity contribution in [3.05, 3.63) is 59.7 Å². The van der Waals surface area contributed by atoms with E-state index in [1.54, 1.807) is 7.11 Å². The van der Waals surface area contributed by atoms with E-state index in [4.69, 9.17) is 4.74 Å². The van der Waals surface area contributed by atoms with Crippen LogP contribution in [-0.2, 0) is 16.0 Å². The molecule has 1 aliphatic rings. The van der Waals surface area contributed by atoms with Crippen LogP contribution in [0.4, 0.5) is 5.69 Å². The lowest BCUT2D eigenvalue weighted by molar-refractivity contribution is -0.128. The molecule has 0 spiro atoms. The summed E-state index contributed by atoms with van der Waals surface area (Å²) in [6.07, 6.45) is 3.84. The molecule has 0 bridgehead atoms. The maximum absolute atomic E-state index is 12.5. The Morgan fingerprint density at radius 1 is 0.966 bits per heavy atom. The van der Waals surface area contributed by atoms with Gasteiger partial charge in [0.2, 0.25) is 11.8 Å². The Bertz CT molecular complexity index is 824. The summed E-state index contributed by atoms with van der Waals surface area (Å²) >= 11 is 0. The first kappa shape index (κ1) is 20.9. The molecule has 29 heavy (non-hydrogen) atoms. The highest BCUT2D eigenvalue weighted by Crippen LogP contribution is 2.30. The second kappa shape index (κ2) is 10.1. The average molecular weight is 395 g/mol. The van der Waals surface area contributed by atoms with Crippen molar-refractivity contribution in [3.63, 3.8) is 0 Å². The summed E-state index contributed by atoms with van der Waals surface area (Å²) in [6.45, 7) is 2.63. The van der Waals surface area contributed by atoms with Crippen molar-refractivity contribution in [1.82, 2.24) is 5.32 Å². The lowest BCUT2D eigenvalue weighted by Crippen LogP contribution is -2.36. The zero-order valence-electron chi connectivity index (χ0n) is 17.2. The predicted molar refractivity (Wildman–Crippen MR) is 115 cm³/mol. The van der Waals surface area contributed by atoms with Crippen molar-refractivity contribution in [3.8, 4) is 5.75 Å². The van der Waals surface area contributed by atoms with Crippen molar-refractivity contribution in [1.29, 1.82) is 0 Å². The van der Waals surface area contributed by atoms with Gasteiger partial charge in [0.05, 0.1) is 7.11 Å². The first-order valence-electron chi connectivity index (χ1n) is 10.3. The molecule has 0 aromatic heterocycles. The Hall–Kier alpha value is -2.82. The summed E-state index contributed by atoms with van der Waals surface area (Å²) in [5.74, 6) is 0.999. The first-order valence-corrected chi connectivity index (χ1v) is 10.3. The van der Waals surface area contributed by atoms with Crippen LogP contribution in [0.25, 0.3) is 0 Å². The Morgan fingerprint density at radius 3 is 2.24 bits per heavy atom. The lowest BCUT2D eigenvalue weighted by atomic mass is 9.81. The van der Waals surface area contributed by atoms with Crippen molar-refractivity contribution in [2.45, 2.75) is 39.0 Å². The van der Waals surface area contributed by atoms with E-state index in [-0.39, 0.29) is 23.7 Å². The fraction of sp³-hybridized carbons (Fsp3) is 0.417. The number of rotatable bonds is 7. The average Bonchev–Trinajstić information content (AvgIpc) is 2.74. The summed E-state index contributed by atoms with van der Waals surface area (Å²) in [6, 6.07) is 15.7. The van der Waals surface area contributed by atoms with Gasteiger partial charge in [-0.15, -0.1) is 0 Å². The van der Waals surface area contributed by atoms with Crippen LogP contribution in [0.5, 0.6) is 5.75 Å². The molecule has 0 saturated heterocycles. The zero-order chi connectivity index (χ0) is 20.6. The van der Waals surface area contributed by atoms with Gasteiger partial charge < -0.3 is 15.4 Å². The Labute approximate surface area is 172 Å². The van der Waals surface area contributed by atoms with E-state index >= 15 is 0 Å². The Kier molecular flexibility index (Phi) is 7.28. The molecule has 2 aromatic carbocycles. The fourth-order valence-electron chi connectivity index (χ4n) is 3.85. The molecule has 2 aromatic rings. The number of methoxy groups -OCH3 is 1. The monoisotopic (exact) mass is 394 g/mol. The summed E-state index contributed by atoms with van der Waals surface area (Å²) in [5, 5.41) is 6.06. The normalized spacial score (nSPS) is 18.7. The first-order chi connectivity index (χ1) is 14.0. The van der Waals surface area contributed by atoms with Gasteiger partial charge in [0.15, 0.2) is 0 Å². The number of hydrogen-bond donors (Lipinski definition) is 2. The Balaban J connectivity index is 1.39.